The maximum Gasteiger partial charge on any atom is 0.194 e. The zero-order chi connectivity index (χ0) is 14.1. The average Bonchev–Trinajstić information content (AvgIpc) is 2.37. The van der Waals surface area contributed by atoms with Gasteiger partial charge in [0.05, 0.1) is 5.02 Å². The fourth-order valence-electron chi connectivity index (χ4n) is 2.61. The van der Waals surface area contributed by atoms with Crippen LogP contribution in [0, 0.1) is 6.92 Å². The molecule has 0 radical (unpaired) electrons. The van der Waals surface area contributed by atoms with Gasteiger partial charge in [-0.15, -0.1) is 0 Å². The molecule has 2 heteroatoms. The van der Waals surface area contributed by atoms with Crippen LogP contribution in [0.5, 0.6) is 0 Å². The van der Waals surface area contributed by atoms with Crippen molar-refractivity contribution in [2.24, 2.45) is 0 Å². The van der Waals surface area contributed by atoms with Crippen LogP contribution in [-0.4, -0.2) is 5.78 Å². The zero-order valence-corrected chi connectivity index (χ0v) is 12.3. The second-order valence-electron chi connectivity index (χ2n) is 5.56. The van der Waals surface area contributed by atoms with Gasteiger partial charge in [-0.05, 0) is 48.9 Å². The Hall–Kier alpha value is -1.60. The molecule has 0 saturated heterocycles. The summed E-state index contributed by atoms with van der Waals surface area (Å²) < 4.78 is 0. The minimum atomic E-state index is -0.00448. The Kier molecular flexibility index (Phi) is 3.62. The van der Waals surface area contributed by atoms with E-state index in [0.29, 0.717) is 22.1 Å². The van der Waals surface area contributed by atoms with E-state index < -0.39 is 0 Å². The summed E-state index contributed by atoms with van der Waals surface area (Å²) in [5.74, 6) is 0.692. The van der Waals surface area contributed by atoms with E-state index in [9.17, 15) is 4.79 Å². The average molecular weight is 285 g/mol. The van der Waals surface area contributed by atoms with Gasteiger partial charge in [0.15, 0.2) is 5.78 Å². The lowest BCUT2D eigenvalue weighted by atomic mass is 9.80. The number of carbonyl (C=O) groups excluding carboxylic acids is 1. The van der Waals surface area contributed by atoms with Crippen LogP contribution < -0.4 is 0 Å². The minimum Gasteiger partial charge on any atom is -0.289 e. The van der Waals surface area contributed by atoms with Crippen molar-refractivity contribution in [3.05, 3.63) is 69.7 Å². The Morgan fingerprint density at radius 1 is 1.10 bits per heavy atom. The predicted molar refractivity (Wildman–Crippen MR) is 82.7 cm³/mol. The summed E-state index contributed by atoms with van der Waals surface area (Å²) in [5, 5.41) is 0.526. The maximum absolute atomic E-state index is 12.5. The molecular weight excluding hydrogens is 268 g/mol. The number of hydrogen-bond acceptors (Lipinski definition) is 1. The number of benzene rings is 2. The van der Waals surface area contributed by atoms with Crippen LogP contribution in [0.15, 0.2) is 42.5 Å². The summed E-state index contributed by atoms with van der Waals surface area (Å²) in [6, 6.07) is 13.6. The quantitative estimate of drug-likeness (QED) is 0.713. The summed E-state index contributed by atoms with van der Waals surface area (Å²) in [6.45, 7) is 1.97. The maximum atomic E-state index is 12.5. The predicted octanol–water partition coefficient (Wildman–Crippen LogP) is 5.15. The van der Waals surface area contributed by atoms with Crippen molar-refractivity contribution in [3.8, 4) is 0 Å². The highest BCUT2D eigenvalue weighted by atomic mass is 35.5. The van der Waals surface area contributed by atoms with E-state index >= 15 is 0 Å². The molecule has 0 spiro atoms. The van der Waals surface area contributed by atoms with E-state index in [4.69, 9.17) is 11.6 Å². The molecule has 0 bridgehead atoms. The number of hydrogen-bond donors (Lipinski definition) is 0. The van der Waals surface area contributed by atoms with Gasteiger partial charge >= 0.3 is 0 Å². The molecule has 0 amide bonds. The molecule has 1 fully saturated rings. The van der Waals surface area contributed by atoms with Crippen molar-refractivity contribution in [2.45, 2.75) is 32.1 Å². The topological polar surface area (TPSA) is 17.1 Å². The summed E-state index contributed by atoms with van der Waals surface area (Å²) >= 11 is 6.17. The summed E-state index contributed by atoms with van der Waals surface area (Å²) in [5.41, 5.74) is 3.70. The summed E-state index contributed by atoms with van der Waals surface area (Å²) in [4.78, 5) is 12.5. The first kappa shape index (κ1) is 13.4. The largest absolute Gasteiger partial charge is 0.289 e. The second-order valence-corrected chi connectivity index (χ2v) is 5.97. The highest BCUT2D eigenvalue weighted by Gasteiger charge is 2.20. The van der Waals surface area contributed by atoms with Crippen LogP contribution in [0.2, 0.25) is 5.02 Å². The molecule has 0 aromatic heterocycles. The third-order valence-electron chi connectivity index (χ3n) is 4.12. The Morgan fingerprint density at radius 3 is 2.35 bits per heavy atom. The molecule has 2 aromatic carbocycles. The van der Waals surface area contributed by atoms with E-state index in [1.165, 1.54) is 24.8 Å². The van der Waals surface area contributed by atoms with E-state index in [0.717, 1.165) is 5.56 Å². The molecule has 1 nitrogen and oxygen atoms in total. The highest BCUT2D eigenvalue weighted by Crippen LogP contribution is 2.36. The molecule has 0 unspecified atom stereocenters. The summed E-state index contributed by atoms with van der Waals surface area (Å²) in [6.07, 6.45) is 3.87. The Labute approximate surface area is 124 Å². The van der Waals surface area contributed by atoms with Crippen LogP contribution >= 0.6 is 11.6 Å². The third kappa shape index (κ3) is 2.51. The molecule has 3 rings (SSSR count). The van der Waals surface area contributed by atoms with Crippen molar-refractivity contribution in [1.82, 2.24) is 0 Å². The van der Waals surface area contributed by atoms with Crippen LogP contribution in [-0.2, 0) is 0 Å². The van der Waals surface area contributed by atoms with Gasteiger partial charge in [0.25, 0.3) is 0 Å². The van der Waals surface area contributed by atoms with Crippen molar-refractivity contribution < 1.29 is 4.79 Å². The molecule has 2 aromatic rings. The van der Waals surface area contributed by atoms with Gasteiger partial charge in [-0.1, -0.05) is 48.4 Å². The van der Waals surface area contributed by atoms with Crippen molar-refractivity contribution in [1.29, 1.82) is 0 Å². The molecular formula is C18H17ClO. The van der Waals surface area contributed by atoms with E-state index in [2.05, 4.69) is 12.1 Å². The molecule has 0 aliphatic heterocycles. The van der Waals surface area contributed by atoms with E-state index in [1.807, 2.05) is 31.2 Å². The highest BCUT2D eigenvalue weighted by molar-refractivity contribution is 6.35. The van der Waals surface area contributed by atoms with Crippen LogP contribution in [0.4, 0.5) is 0 Å². The number of aryl methyl sites for hydroxylation is 1. The first-order valence-electron chi connectivity index (χ1n) is 7.06. The van der Waals surface area contributed by atoms with E-state index in [-0.39, 0.29) is 5.78 Å². The molecule has 1 saturated carbocycles. The van der Waals surface area contributed by atoms with Crippen molar-refractivity contribution in [3.63, 3.8) is 0 Å². The van der Waals surface area contributed by atoms with Gasteiger partial charge in [0.1, 0.15) is 0 Å². The van der Waals surface area contributed by atoms with Gasteiger partial charge in [-0.25, -0.2) is 0 Å². The number of rotatable bonds is 3. The molecule has 0 N–H and O–H groups in total. The molecule has 0 atom stereocenters. The third-order valence-corrected chi connectivity index (χ3v) is 4.43. The van der Waals surface area contributed by atoms with Gasteiger partial charge in [-0.3, -0.25) is 4.79 Å². The second kappa shape index (κ2) is 5.41. The number of carbonyl (C=O) groups is 1. The van der Waals surface area contributed by atoms with Crippen molar-refractivity contribution >= 4 is 17.4 Å². The molecule has 1 aliphatic carbocycles. The minimum absolute atomic E-state index is 0.00448. The van der Waals surface area contributed by atoms with Gasteiger partial charge < -0.3 is 0 Å². The standard InChI is InChI=1S/C18H17ClO/c1-12-5-10-16(17(19)11-12)18(20)15-8-6-14(7-9-15)13-3-2-4-13/h5-11,13H,2-4H2,1H3. The first-order chi connectivity index (χ1) is 9.65. The SMILES string of the molecule is Cc1ccc(C(=O)c2ccc(C3CCC3)cc2)c(Cl)c1. The lowest BCUT2D eigenvalue weighted by Crippen LogP contribution is -2.09. The van der Waals surface area contributed by atoms with Crippen LogP contribution in [0.3, 0.4) is 0 Å². The monoisotopic (exact) mass is 284 g/mol. The lowest BCUT2D eigenvalue weighted by molar-refractivity contribution is 0.103. The van der Waals surface area contributed by atoms with Crippen molar-refractivity contribution in [2.75, 3.05) is 0 Å². The zero-order valence-electron chi connectivity index (χ0n) is 11.5. The van der Waals surface area contributed by atoms with Gasteiger partial charge in [0.2, 0.25) is 0 Å². The van der Waals surface area contributed by atoms with E-state index in [1.54, 1.807) is 6.07 Å². The lowest BCUT2D eigenvalue weighted by Gasteiger charge is -2.25. The Morgan fingerprint density at radius 2 is 1.80 bits per heavy atom. The molecule has 0 heterocycles. The molecule has 1 aliphatic rings. The summed E-state index contributed by atoms with van der Waals surface area (Å²) in [7, 11) is 0. The Balaban J connectivity index is 1.86. The molecule has 102 valence electrons. The first-order valence-corrected chi connectivity index (χ1v) is 7.44. The van der Waals surface area contributed by atoms with Gasteiger partial charge in [-0.2, -0.15) is 0 Å². The van der Waals surface area contributed by atoms with Crippen LogP contribution in [0.1, 0.15) is 52.2 Å². The smallest absolute Gasteiger partial charge is 0.194 e. The number of halogens is 1. The van der Waals surface area contributed by atoms with Gasteiger partial charge in [0, 0.05) is 11.1 Å². The number of ketones is 1. The van der Waals surface area contributed by atoms with Crippen LogP contribution in [0.25, 0.3) is 0 Å². The molecule has 20 heavy (non-hydrogen) atoms. The fraction of sp³-hybridized carbons (Fsp3) is 0.278. The fourth-order valence-corrected chi connectivity index (χ4v) is 2.93. The normalized spacial score (nSPS) is 14.9. The Bertz CT molecular complexity index is 639.